The lowest BCUT2D eigenvalue weighted by atomic mass is 9.89. The van der Waals surface area contributed by atoms with Crippen LogP contribution in [0.5, 0.6) is 0 Å². The van der Waals surface area contributed by atoms with Gasteiger partial charge in [0.05, 0.1) is 0 Å². The smallest absolute Gasteiger partial charge is 0.195 e. The molecule has 8 aromatic rings. The van der Waals surface area contributed by atoms with Crippen LogP contribution < -0.4 is 11.5 Å². The number of carbonyl (C=O) groups excluding carboxylic acids is 1. The molecule has 3 nitrogen and oxygen atoms in total. The molecule has 5 heteroatoms. The van der Waals surface area contributed by atoms with E-state index in [0.717, 1.165) is 67.0 Å². The first-order chi connectivity index (χ1) is 28.3. The zero-order chi connectivity index (χ0) is 39.8. The third-order valence-corrected chi connectivity index (χ3v) is 10.7. The fraction of sp³-hybridized carbons (Fsp3) is 0. The van der Waals surface area contributed by atoms with Gasteiger partial charge in [0.25, 0.3) is 0 Å². The van der Waals surface area contributed by atoms with E-state index in [0.29, 0.717) is 33.4 Å². The van der Waals surface area contributed by atoms with Gasteiger partial charge in [-0.25, -0.2) is 8.78 Å². The first-order valence-corrected chi connectivity index (χ1v) is 19.0. The maximum absolute atomic E-state index is 15.0. The Bertz CT molecular complexity index is 2640. The van der Waals surface area contributed by atoms with Crippen molar-refractivity contribution in [3.05, 3.63) is 228 Å². The summed E-state index contributed by atoms with van der Waals surface area (Å²) >= 11 is 0. The number of allylic oxidation sites excluding steroid dienone is 4. The highest BCUT2D eigenvalue weighted by atomic mass is 19.1. The summed E-state index contributed by atoms with van der Waals surface area (Å²) in [5.74, 6) is -0.932. The molecule has 0 bridgehead atoms. The van der Waals surface area contributed by atoms with Crippen molar-refractivity contribution in [1.29, 1.82) is 0 Å². The predicted octanol–water partition coefficient (Wildman–Crippen LogP) is 12.9. The van der Waals surface area contributed by atoms with Crippen molar-refractivity contribution in [2.24, 2.45) is 0 Å². The minimum absolute atomic E-state index is 0.167. The second-order valence-corrected chi connectivity index (χ2v) is 14.4. The number of ketones is 1. The average molecular weight is 755 g/mol. The summed E-state index contributed by atoms with van der Waals surface area (Å²) in [5, 5.41) is 0. The van der Waals surface area contributed by atoms with Crippen molar-refractivity contribution in [2.75, 3.05) is 11.5 Å². The van der Waals surface area contributed by atoms with Crippen molar-refractivity contribution in [1.82, 2.24) is 0 Å². The second kappa shape index (κ2) is 15.1. The van der Waals surface area contributed by atoms with Gasteiger partial charge in [-0.05, 0) is 115 Å². The van der Waals surface area contributed by atoms with Crippen LogP contribution in [-0.4, -0.2) is 5.78 Å². The summed E-state index contributed by atoms with van der Waals surface area (Å²) in [4.78, 5) is 15.0. The molecule has 4 N–H and O–H groups in total. The van der Waals surface area contributed by atoms with Crippen LogP contribution in [0.3, 0.4) is 0 Å². The molecule has 0 saturated carbocycles. The van der Waals surface area contributed by atoms with Gasteiger partial charge >= 0.3 is 0 Å². The molecule has 0 aromatic heterocycles. The first-order valence-electron chi connectivity index (χ1n) is 19.0. The maximum Gasteiger partial charge on any atom is 0.195 e. The van der Waals surface area contributed by atoms with E-state index >= 15 is 4.79 Å². The molecule has 0 amide bonds. The Morgan fingerprint density at radius 2 is 0.414 bits per heavy atom. The van der Waals surface area contributed by atoms with Gasteiger partial charge in [0.2, 0.25) is 0 Å². The molecule has 0 saturated heterocycles. The van der Waals surface area contributed by atoms with Crippen LogP contribution in [0.1, 0.15) is 22.3 Å². The number of benzene rings is 8. The molecule has 0 radical (unpaired) electrons. The SMILES string of the molecule is Nc1ccc(-c2ccc(-c3ccc(C4=C(c5ccc(F)cc5)C(c5ccc(F)cc5)=C(c5ccc(-c6ccc(-c7ccc(N)cc7)cc6)cc5)C4=O)cc3)cc2)cc1. The van der Waals surface area contributed by atoms with Gasteiger partial charge in [-0.2, -0.15) is 0 Å². The second-order valence-electron chi connectivity index (χ2n) is 14.4. The topological polar surface area (TPSA) is 69.1 Å². The van der Waals surface area contributed by atoms with Gasteiger partial charge in [0.1, 0.15) is 11.6 Å². The molecule has 278 valence electrons. The number of rotatable bonds is 8. The first kappa shape index (κ1) is 36.0. The summed E-state index contributed by atoms with van der Waals surface area (Å²) in [6, 6.07) is 60.5. The van der Waals surface area contributed by atoms with Crippen LogP contribution in [-0.2, 0) is 4.79 Å². The van der Waals surface area contributed by atoms with E-state index in [1.165, 1.54) is 24.3 Å². The summed E-state index contributed by atoms with van der Waals surface area (Å²) in [6.07, 6.45) is 0. The summed E-state index contributed by atoms with van der Waals surface area (Å²) in [6.45, 7) is 0. The Morgan fingerprint density at radius 3 is 0.655 bits per heavy atom. The van der Waals surface area contributed by atoms with Crippen LogP contribution in [0.4, 0.5) is 20.2 Å². The number of hydrogen-bond acceptors (Lipinski definition) is 3. The Labute approximate surface area is 335 Å². The quantitative estimate of drug-likeness (QED) is 0.152. The van der Waals surface area contributed by atoms with Gasteiger partial charge in [0.15, 0.2) is 5.78 Å². The minimum atomic E-state index is -0.383. The molecule has 0 fully saturated rings. The Hall–Kier alpha value is -7.63. The van der Waals surface area contributed by atoms with Gasteiger partial charge in [-0.15, -0.1) is 0 Å². The molecule has 9 rings (SSSR count). The van der Waals surface area contributed by atoms with E-state index in [2.05, 4.69) is 48.5 Å². The molecule has 8 aromatic carbocycles. The largest absolute Gasteiger partial charge is 0.399 e. The Morgan fingerprint density at radius 1 is 0.241 bits per heavy atom. The van der Waals surface area contributed by atoms with Crippen molar-refractivity contribution in [3.63, 3.8) is 0 Å². The molecule has 0 heterocycles. The standard InChI is InChI=1S/C53H36F2N2O/c54-45-25-17-41(18-26-45)49-50(42-19-27-46(55)28-20-42)52(44-15-11-38(12-16-44)34-3-7-36(8-4-34)40-23-31-48(57)32-24-40)53(58)51(49)43-13-9-37(10-14-43)33-1-5-35(6-2-33)39-21-29-47(56)30-22-39/h1-32H,56-57H2. The molecule has 0 aliphatic heterocycles. The zero-order valence-corrected chi connectivity index (χ0v) is 31.3. The molecule has 58 heavy (non-hydrogen) atoms. The molecular weight excluding hydrogens is 719 g/mol. The number of hydrogen-bond donors (Lipinski definition) is 2. The fourth-order valence-corrected chi connectivity index (χ4v) is 7.68. The highest BCUT2D eigenvalue weighted by Crippen LogP contribution is 2.50. The minimum Gasteiger partial charge on any atom is -0.399 e. The lowest BCUT2D eigenvalue weighted by molar-refractivity contribution is -0.108. The molecule has 1 aliphatic carbocycles. The van der Waals surface area contributed by atoms with Crippen LogP contribution in [0.2, 0.25) is 0 Å². The lowest BCUT2D eigenvalue weighted by Gasteiger charge is -2.14. The average Bonchev–Trinajstić information content (AvgIpc) is 3.57. The highest BCUT2D eigenvalue weighted by molar-refractivity contribution is 6.59. The van der Waals surface area contributed by atoms with Crippen LogP contribution >= 0.6 is 0 Å². The lowest BCUT2D eigenvalue weighted by Crippen LogP contribution is -2.02. The van der Waals surface area contributed by atoms with Crippen LogP contribution in [0.15, 0.2) is 194 Å². The summed E-state index contributed by atoms with van der Waals surface area (Å²) < 4.78 is 28.7. The van der Waals surface area contributed by atoms with Crippen molar-refractivity contribution >= 4 is 39.5 Å². The summed E-state index contributed by atoms with van der Waals surface area (Å²) in [7, 11) is 0. The molecule has 1 aliphatic rings. The molecular formula is C53H36F2N2O. The molecule has 0 spiro atoms. The zero-order valence-electron chi connectivity index (χ0n) is 31.3. The van der Waals surface area contributed by atoms with E-state index in [9.17, 15) is 8.78 Å². The van der Waals surface area contributed by atoms with Gasteiger partial charge < -0.3 is 11.5 Å². The Kier molecular flexibility index (Phi) is 9.40. The van der Waals surface area contributed by atoms with Crippen molar-refractivity contribution in [2.45, 2.75) is 0 Å². The van der Waals surface area contributed by atoms with E-state index in [-0.39, 0.29) is 17.4 Å². The normalized spacial score (nSPS) is 12.7. The number of nitrogens with two attached hydrogens (primary N) is 2. The van der Waals surface area contributed by atoms with E-state index in [1.54, 1.807) is 24.3 Å². The van der Waals surface area contributed by atoms with Crippen LogP contribution in [0.25, 0.3) is 66.8 Å². The third-order valence-electron chi connectivity index (χ3n) is 10.7. The van der Waals surface area contributed by atoms with Crippen molar-refractivity contribution in [3.8, 4) is 44.5 Å². The van der Waals surface area contributed by atoms with Crippen LogP contribution in [0, 0.1) is 11.6 Å². The summed E-state index contributed by atoms with van der Waals surface area (Å²) in [5.41, 5.74) is 26.7. The Balaban J connectivity index is 1.11. The third kappa shape index (κ3) is 7.02. The predicted molar refractivity (Wildman–Crippen MR) is 235 cm³/mol. The monoisotopic (exact) mass is 754 g/mol. The van der Waals surface area contributed by atoms with Gasteiger partial charge in [-0.3, -0.25) is 4.79 Å². The fourth-order valence-electron chi connectivity index (χ4n) is 7.68. The van der Waals surface area contributed by atoms with Gasteiger partial charge in [-0.1, -0.05) is 146 Å². The van der Waals surface area contributed by atoms with E-state index in [4.69, 9.17) is 11.5 Å². The maximum atomic E-state index is 15.0. The number of nitrogen functional groups attached to an aromatic ring is 2. The number of halogens is 2. The number of anilines is 2. The molecule has 0 atom stereocenters. The van der Waals surface area contributed by atoms with E-state index < -0.39 is 0 Å². The highest BCUT2D eigenvalue weighted by Gasteiger charge is 2.35. The molecule has 0 unspecified atom stereocenters. The van der Waals surface area contributed by atoms with Gasteiger partial charge in [0, 0.05) is 33.7 Å². The van der Waals surface area contributed by atoms with E-state index in [1.807, 2.05) is 97.1 Å². The number of Topliss-reactive ketones (excluding diaryl/α,β-unsaturated/α-hetero) is 1. The number of carbonyl (C=O) groups is 1. The van der Waals surface area contributed by atoms with Crippen molar-refractivity contribution < 1.29 is 13.6 Å².